The first kappa shape index (κ1) is 13.7. The molecule has 2 unspecified atom stereocenters. The van der Waals surface area contributed by atoms with Crippen molar-refractivity contribution in [2.45, 2.75) is 60.3 Å². The molecule has 84 valence electrons. The van der Waals surface area contributed by atoms with E-state index in [9.17, 15) is 0 Å². The van der Waals surface area contributed by atoms with E-state index in [1.807, 2.05) is 0 Å². The van der Waals surface area contributed by atoms with E-state index in [0.717, 1.165) is 11.8 Å². The summed E-state index contributed by atoms with van der Waals surface area (Å²) in [6.07, 6.45) is 10.1. The first-order chi connectivity index (χ1) is 6.60. The molecule has 0 saturated carbocycles. The summed E-state index contributed by atoms with van der Waals surface area (Å²) < 4.78 is 0. The van der Waals surface area contributed by atoms with Gasteiger partial charge in [-0.3, -0.25) is 0 Å². The predicted molar refractivity (Wildman–Crippen MR) is 66.4 cm³/mol. The lowest BCUT2D eigenvalue weighted by molar-refractivity contribution is 0.438. The van der Waals surface area contributed by atoms with Crippen LogP contribution in [0.25, 0.3) is 0 Å². The van der Waals surface area contributed by atoms with E-state index in [0.29, 0.717) is 5.92 Å². The van der Waals surface area contributed by atoms with Gasteiger partial charge in [-0.1, -0.05) is 59.6 Å². The SMILES string of the molecule is CCC(C)CCC(C=CC(C)C)CC. The molecule has 0 amide bonds. The number of allylic oxidation sites excluding steroid dienone is 2. The Balaban J connectivity index is 3.79. The van der Waals surface area contributed by atoms with Gasteiger partial charge in [-0.2, -0.15) is 0 Å². The molecule has 0 aromatic rings. The maximum Gasteiger partial charge on any atom is -0.0236 e. The van der Waals surface area contributed by atoms with Crippen molar-refractivity contribution in [3.63, 3.8) is 0 Å². The summed E-state index contributed by atoms with van der Waals surface area (Å²) in [6, 6.07) is 0. The van der Waals surface area contributed by atoms with Gasteiger partial charge >= 0.3 is 0 Å². The molecule has 0 heterocycles. The second-order valence-electron chi connectivity index (χ2n) is 4.89. The quantitative estimate of drug-likeness (QED) is 0.500. The molecule has 0 fully saturated rings. The Morgan fingerprint density at radius 1 is 0.857 bits per heavy atom. The van der Waals surface area contributed by atoms with Crippen LogP contribution in [0.2, 0.25) is 0 Å². The van der Waals surface area contributed by atoms with Gasteiger partial charge < -0.3 is 0 Å². The van der Waals surface area contributed by atoms with E-state index >= 15 is 0 Å². The van der Waals surface area contributed by atoms with Crippen LogP contribution in [0.4, 0.5) is 0 Å². The van der Waals surface area contributed by atoms with Gasteiger partial charge in [-0.25, -0.2) is 0 Å². The minimum atomic E-state index is 0.702. The van der Waals surface area contributed by atoms with Crippen LogP contribution >= 0.6 is 0 Å². The van der Waals surface area contributed by atoms with Gasteiger partial charge in [-0.05, 0) is 30.6 Å². The first-order valence-electron chi connectivity index (χ1n) is 6.28. The minimum Gasteiger partial charge on any atom is -0.0857 e. The molecule has 0 aliphatic rings. The summed E-state index contributed by atoms with van der Waals surface area (Å²) in [5.41, 5.74) is 0. The van der Waals surface area contributed by atoms with E-state index in [4.69, 9.17) is 0 Å². The maximum absolute atomic E-state index is 2.42. The lowest BCUT2D eigenvalue weighted by atomic mass is 9.93. The zero-order chi connectivity index (χ0) is 11.0. The molecule has 0 radical (unpaired) electrons. The minimum absolute atomic E-state index is 0.702. The molecule has 14 heavy (non-hydrogen) atoms. The first-order valence-corrected chi connectivity index (χ1v) is 6.28. The van der Waals surface area contributed by atoms with E-state index in [1.165, 1.54) is 25.7 Å². The topological polar surface area (TPSA) is 0 Å². The molecule has 2 atom stereocenters. The summed E-state index contributed by atoms with van der Waals surface area (Å²) in [6.45, 7) is 11.4. The molecular weight excluding hydrogens is 168 g/mol. The summed E-state index contributed by atoms with van der Waals surface area (Å²) >= 11 is 0. The van der Waals surface area contributed by atoms with Gasteiger partial charge in [0.1, 0.15) is 0 Å². The van der Waals surface area contributed by atoms with Crippen molar-refractivity contribution in [2.24, 2.45) is 17.8 Å². The van der Waals surface area contributed by atoms with Crippen molar-refractivity contribution in [3.05, 3.63) is 12.2 Å². The Morgan fingerprint density at radius 3 is 1.93 bits per heavy atom. The molecule has 0 bridgehead atoms. The zero-order valence-electron chi connectivity index (χ0n) is 10.7. The van der Waals surface area contributed by atoms with Gasteiger partial charge in [0, 0.05) is 0 Å². The van der Waals surface area contributed by atoms with E-state index in [1.54, 1.807) is 0 Å². The molecule has 0 aliphatic heterocycles. The summed E-state index contributed by atoms with van der Waals surface area (Å²) in [7, 11) is 0. The van der Waals surface area contributed by atoms with E-state index < -0.39 is 0 Å². The molecular formula is C14H28. The van der Waals surface area contributed by atoms with Crippen molar-refractivity contribution >= 4 is 0 Å². The molecule has 0 aromatic heterocycles. The van der Waals surface area contributed by atoms with Crippen LogP contribution in [-0.2, 0) is 0 Å². The Hall–Kier alpha value is -0.260. The van der Waals surface area contributed by atoms with Crippen LogP contribution < -0.4 is 0 Å². The molecule has 0 heteroatoms. The summed E-state index contributed by atoms with van der Waals surface area (Å²) in [5.74, 6) is 2.41. The summed E-state index contributed by atoms with van der Waals surface area (Å²) in [4.78, 5) is 0. The fourth-order valence-corrected chi connectivity index (χ4v) is 1.52. The molecule has 0 aliphatic carbocycles. The van der Waals surface area contributed by atoms with Gasteiger partial charge in [0.15, 0.2) is 0 Å². The van der Waals surface area contributed by atoms with Crippen LogP contribution in [-0.4, -0.2) is 0 Å². The normalized spacial score (nSPS) is 16.4. The van der Waals surface area contributed by atoms with Crippen LogP contribution in [0.1, 0.15) is 60.3 Å². The lowest BCUT2D eigenvalue weighted by Gasteiger charge is -2.13. The average molecular weight is 196 g/mol. The van der Waals surface area contributed by atoms with Crippen LogP contribution in [0, 0.1) is 17.8 Å². The zero-order valence-corrected chi connectivity index (χ0v) is 10.7. The fraction of sp³-hybridized carbons (Fsp3) is 0.857. The highest BCUT2D eigenvalue weighted by Crippen LogP contribution is 2.19. The van der Waals surface area contributed by atoms with Crippen molar-refractivity contribution < 1.29 is 0 Å². The molecule has 0 saturated heterocycles. The Kier molecular flexibility index (Phi) is 7.93. The molecule has 0 rings (SSSR count). The van der Waals surface area contributed by atoms with Crippen molar-refractivity contribution in [1.82, 2.24) is 0 Å². The average Bonchev–Trinajstić information content (AvgIpc) is 2.17. The number of rotatable bonds is 7. The van der Waals surface area contributed by atoms with Crippen molar-refractivity contribution in [3.8, 4) is 0 Å². The smallest absolute Gasteiger partial charge is 0.0236 e. The standard InChI is InChI=1S/C14H28/c1-6-13(5)9-11-14(7-2)10-8-12(3)4/h8,10,12-14H,6-7,9,11H2,1-5H3. The second kappa shape index (κ2) is 8.08. The van der Waals surface area contributed by atoms with E-state index in [-0.39, 0.29) is 0 Å². The second-order valence-corrected chi connectivity index (χ2v) is 4.89. The third-order valence-corrected chi connectivity index (χ3v) is 3.02. The van der Waals surface area contributed by atoms with E-state index in [2.05, 4.69) is 46.8 Å². The molecule has 0 N–H and O–H groups in total. The summed E-state index contributed by atoms with van der Waals surface area (Å²) in [5, 5.41) is 0. The van der Waals surface area contributed by atoms with Crippen LogP contribution in [0.3, 0.4) is 0 Å². The third kappa shape index (κ3) is 7.17. The number of hydrogen-bond donors (Lipinski definition) is 0. The third-order valence-electron chi connectivity index (χ3n) is 3.02. The van der Waals surface area contributed by atoms with Gasteiger partial charge in [0.25, 0.3) is 0 Å². The number of hydrogen-bond acceptors (Lipinski definition) is 0. The van der Waals surface area contributed by atoms with Gasteiger partial charge in [-0.15, -0.1) is 0 Å². The van der Waals surface area contributed by atoms with Crippen LogP contribution in [0.5, 0.6) is 0 Å². The van der Waals surface area contributed by atoms with Gasteiger partial charge in [0.05, 0.1) is 0 Å². The van der Waals surface area contributed by atoms with Crippen LogP contribution in [0.15, 0.2) is 12.2 Å². The highest BCUT2D eigenvalue weighted by atomic mass is 14.1. The Morgan fingerprint density at radius 2 is 1.50 bits per heavy atom. The molecule has 0 aromatic carbocycles. The monoisotopic (exact) mass is 196 g/mol. The predicted octanol–water partition coefficient (Wildman–Crippen LogP) is 5.05. The highest BCUT2D eigenvalue weighted by molar-refractivity contribution is 4.89. The molecule has 0 spiro atoms. The fourth-order valence-electron chi connectivity index (χ4n) is 1.52. The van der Waals surface area contributed by atoms with Gasteiger partial charge in [0.2, 0.25) is 0 Å². The Labute approximate surface area is 90.8 Å². The Bertz CT molecular complexity index is 144. The largest absolute Gasteiger partial charge is 0.0857 e. The maximum atomic E-state index is 2.42. The highest BCUT2D eigenvalue weighted by Gasteiger charge is 2.05. The van der Waals surface area contributed by atoms with Crippen molar-refractivity contribution in [1.29, 1.82) is 0 Å². The van der Waals surface area contributed by atoms with Crippen molar-refractivity contribution in [2.75, 3.05) is 0 Å². The molecule has 0 nitrogen and oxygen atoms in total. The lowest BCUT2D eigenvalue weighted by Crippen LogP contribution is -2.00.